The molecule has 1 amide bonds. The minimum atomic E-state index is -4.01. The van der Waals surface area contributed by atoms with Gasteiger partial charge in [0.05, 0.1) is 10.6 Å². The molecule has 3 heterocycles. The van der Waals surface area contributed by atoms with Crippen LogP contribution in [0.15, 0.2) is 34.3 Å². The molecule has 1 N–H and O–H groups in total. The van der Waals surface area contributed by atoms with Crippen LogP contribution < -0.4 is 4.72 Å². The summed E-state index contributed by atoms with van der Waals surface area (Å²) in [6, 6.07) is 6.60. The van der Waals surface area contributed by atoms with Crippen LogP contribution in [0.5, 0.6) is 0 Å². The third-order valence-electron chi connectivity index (χ3n) is 7.17. The standard InChI is InChI=1S/C26H33N5O3S/c1-17-7-11-31(12-8-17)26(32)23(9-13-30-10-5-6-21(30)16-27)29-35(33,34)25-20(4)18(2)14-24-22(25)15-19(3)28-24/h5-6,10,14,17,23,29H,7-9,11-13,15H2,1-4H3. The number of hydrogen-bond donors (Lipinski definition) is 1. The molecule has 0 radical (unpaired) electrons. The molecular weight excluding hydrogens is 462 g/mol. The summed E-state index contributed by atoms with van der Waals surface area (Å²) in [5.41, 5.74) is 4.25. The molecule has 2 aliphatic heterocycles. The van der Waals surface area contributed by atoms with Crippen molar-refractivity contribution in [1.29, 1.82) is 5.26 Å². The van der Waals surface area contributed by atoms with Crippen molar-refractivity contribution in [3.63, 3.8) is 0 Å². The first kappa shape index (κ1) is 25.1. The lowest BCUT2D eigenvalue weighted by atomic mass is 9.98. The molecule has 8 nitrogen and oxygen atoms in total. The fourth-order valence-corrected chi connectivity index (χ4v) is 6.74. The Morgan fingerprint density at radius 1 is 1.29 bits per heavy atom. The minimum Gasteiger partial charge on any atom is -0.341 e. The van der Waals surface area contributed by atoms with Crippen LogP contribution in [0.25, 0.3) is 0 Å². The van der Waals surface area contributed by atoms with Gasteiger partial charge in [0, 0.05) is 43.5 Å². The van der Waals surface area contributed by atoms with Crippen LogP contribution in [-0.4, -0.2) is 48.6 Å². The summed E-state index contributed by atoms with van der Waals surface area (Å²) in [4.78, 5) is 20.1. The normalized spacial score (nSPS) is 17.1. The van der Waals surface area contributed by atoms with E-state index in [0.29, 0.717) is 54.5 Å². The zero-order chi connectivity index (χ0) is 25.3. The van der Waals surface area contributed by atoms with Crippen molar-refractivity contribution in [3.05, 3.63) is 46.8 Å². The van der Waals surface area contributed by atoms with Crippen molar-refractivity contribution in [2.75, 3.05) is 13.1 Å². The van der Waals surface area contributed by atoms with Gasteiger partial charge in [0.25, 0.3) is 0 Å². The molecule has 9 heteroatoms. The van der Waals surface area contributed by atoms with Crippen LogP contribution >= 0.6 is 0 Å². The van der Waals surface area contributed by atoms with Gasteiger partial charge in [0.1, 0.15) is 17.8 Å². The van der Waals surface area contributed by atoms with Crippen molar-refractivity contribution >= 4 is 27.3 Å². The van der Waals surface area contributed by atoms with Crippen molar-refractivity contribution in [3.8, 4) is 6.07 Å². The molecule has 2 aromatic rings. The fourth-order valence-electron chi connectivity index (χ4n) is 4.96. The quantitative estimate of drug-likeness (QED) is 0.633. The van der Waals surface area contributed by atoms with Gasteiger partial charge in [0.15, 0.2) is 0 Å². The Morgan fingerprint density at radius 2 is 2.00 bits per heavy atom. The Balaban J connectivity index is 1.65. The van der Waals surface area contributed by atoms with E-state index in [9.17, 15) is 18.5 Å². The number of fused-ring (bicyclic) bond motifs is 1. The van der Waals surface area contributed by atoms with E-state index in [4.69, 9.17) is 0 Å². The van der Waals surface area contributed by atoms with E-state index < -0.39 is 16.1 Å². The average Bonchev–Trinajstić information content (AvgIpc) is 3.42. The Bertz CT molecular complexity index is 1310. The molecular formula is C26H33N5O3S. The summed E-state index contributed by atoms with van der Waals surface area (Å²) >= 11 is 0. The number of aliphatic imine (C=N–C) groups is 1. The number of hydrogen-bond acceptors (Lipinski definition) is 5. The number of aromatic nitrogens is 1. The summed E-state index contributed by atoms with van der Waals surface area (Å²) < 4.78 is 32.1. The summed E-state index contributed by atoms with van der Waals surface area (Å²) in [5.74, 6) is 0.341. The highest BCUT2D eigenvalue weighted by atomic mass is 32.2. The van der Waals surface area contributed by atoms with Crippen molar-refractivity contribution in [2.45, 2.75) is 70.9 Å². The first-order valence-electron chi connectivity index (χ1n) is 12.1. The van der Waals surface area contributed by atoms with Crippen LogP contribution in [0.2, 0.25) is 0 Å². The third-order valence-corrected chi connectivity index (χ3v) is 8.86. The Labute approximate surface area is 207 Å². The van der Waals surface area contributed by atoms with Gasteiger partial charge in [-0.25, -0.2) is 8.42 Å². The lowest BCUT2D eigenvalue weighted by Gasteiger charge is -2.33. The Morgan fingerprint density at radius 3 is 2.69 bits per heavy atom. The fraction of sp³-hybridized carbons (Fsp3) is 0.500. The maximum absolute atomic E-state index is 13.8. The number of amides is 1. The van der Waals surface area contributed by atoms with Gasteiger partial charge in [0.2, 0.25) is 15.9 Å². The maximum atomic E-state index is 13.8. The molecule has 0 aliphatic carbocycles. The number of likely N-dealkylation sites (tertiary alicyclic amines) is 1. The van der Waals surface area contributed by atoms with Crippen molar-refractivity contribution < 1.29 is 13.2 Å². The molecule has 186 valence electrons. The lowest BCUT2D eigenvalue weighted by molar-refractivity contribution is -0.134. The van der Waals surface area contributed by atoms with Crippen LogP contribution in [0.1, 0.15) is 55.5 Å². The molecule has 35 heavy (non-hydrogen) atoms. The summed E-state index contributed by atoms with van der Waals surface area (Å²) in [6.45, 7) is 9.34. The first-order chi connectivity index (χ1) is 16.6. The lowest BCUT2D eigenvalue weighted by Crippen LogP contribution is -2.51. The van der Waals surface area contributed by atoms with Gasteiger partial charge >= 0.3 is 0 Å². The van der Waals surface area contributed by atoms with E-state index >= 15 is 0 Å². The number of benzene rings is 1. The summed E-state index contributed by atoms with van der Waals surface area (Å²) in [5, 5.41) is 9.34. The van der Waals surface area contributed by atoms with Crippen LogP contribution in [0.3, 0.4) is 0 Å². The van der Waals surface area contributed by atoms with Gasteiger partial charge in [-0.3, -0.25) is 9.79 Å². The van der Waals surface area contributed by atoms with Crippen LogP contribution in [0.4, 0.5) is 5.69 Å². The van der Waals surface area contributed by atoms with E-state index in [2.05, 4.69) is 22.7 Å². The number of piperidine rings is 1. The zero-order valence-corrected chi connectivity index (χ0v) is 21.7. The van der Waals surface area contributed by atoms with Gasteiger partial charge in [-0.2, -0.15) is 9.98 Å². The number of nitrogens with zero attached hydrogens (tertiary/aromatic N) is 4. The molecule has 1 atom stereocenters. The van der Waals surface area contributed by atoms with E-state index in [0.717, 1.165) is 24.1 Å². The summed E-state index contributed by atoms with van der Waals surface area (Å²) in [7, 11) is -4.01. The number of carbonyl (C=O) groups is 1. The highest BCUT2D eigenvalue weighted by Crippen LogP contribution is 2.36. The number of nitriles is 1. The van der Waals surface area contributed by atoms with Gasteiger partial charge in [-0.1, -0.05) is 6.92 Å². The van der Waals surface area contributed by atoms with Gasteiger partial charge < -0.3 is 9.47 Å². The number of carbonyl (C=O) groups excluding carboxylic acids is 1. The van der Waals surface area contributed by atoms with Gasteiger partial charge in [-0.15, -0.1) is 0 Å². The Kier molecular flexibility index (Phi) is 7.15. The van der Waals surface area contributed by atoms with Crippen molar-refractivity contribution in [1.82, 2.24) is 14.2 Å². The topological polar surface area (TPSA) is 108 Å². The third kappa shape index (κ3) is 5.19. The van der Waals surface area contributed by atoms with E-state index in [-0.39, 0.29) is 17.2 Å². The highest BCUT2D eigenvalue weighted by molar-refractivity contribution is 7.89. The monoisotopic (exact) mass is 495 g/mol. The van der Waals surface area contributed by atoms with Crippen LogP contribution in [0, 0.1) is 31.1 Å². The zero-order valence-electron chi connectivity index (χ0n) is 20.8. The molecule has 0 bridgehead atoms. The minimum absolute atomic E-state index is 0.208. The molecule has 1 saturated heterocycles. The van der Waals surface area contributed by atoms with Gasteiger partial charge in [-0.05, 0) is 75.3 Å². The average molecular weight is 496 g/mol. The summed E-state index contributed by atoms with van der Waals surface area (Å²) in [6.07, 6.45) is 4.31. The van der Waals surface area contributed by atoms with E-state index in [1.807, 2.05) is 19.9 Å². The molecule has 0 saturated carbocycles. The number of sulfonamides is 1. The molecule has 1 unspecified atom stereocenters. The van der Waals surface area contributed by atoms with Crippen LogP contribution in [-0.2, 0) is 27.8 Å². The second kappa shape index (κ2) is 9.96. The molecule has 4 rings (SSSR count). The molecule has 1 aromatic heterocycles. The van der Waals surface area contributed by atoms with Crippen molar-refractivity contribution in [2.24, 2.45) is 10.9 Å². The number of nitrogens with one attached hydrogen (secondary N) is 1. The Hall–Kier alpha value is -2.96. The number of aryl methyl sites for hydroxylation is 2. The molecule has 1 fully saturated rings. The van der Waals surface area contributed by atoms with E-state index in [1.165, 1.54) is 0 Å². The largest absolute Gasteiger partial charge is 0.341 e. The smallest absolute Gasteiger partial charge is 0.241 e. The first-order valence-corrected chi connectivity index (χ1v) is 13.6. The SMILES string of the molecule is CC1=Nc2cc(C)c(C)c(S(=O)(=O)NC(CCn3cccc3C#N)C(=O)N3CCC(C)CC3)c2C1. The molecule has 0 spiro atoms. The van der Waals surface area contributed by atoms with E-state index in [1.54, 1.807) is 34.7 Å². The second-order valence-electron chi connectivity index (χ2n) is 9.84. The predicted octanol–water partition coefficient (Wildman–Crippen LogP) is 3.62. The molecule has 1 aromatic carbocycles. The highest BCUT2D eigenvalue weighted by Gasteiger charge is 2.34. The molecule has 2 aliphatic rings. The predicted molar refractivity (Wildman–Crippen MR) is 135 cm³/mol. The maximum Gasteiger partial charge on any atom is 0.241 e. The number of rotatable bonds is 7. The second-order valence-corrected chi connectivity index (χ2v) is 11.5.